The first-order valence-electron chi connectivity index (χ1n) is 7.45. The number of rotatable bonds is 11. The lowest BCUT2D eigenvalue weighted by Crippen LogP contribution is -2.26. The molecule has 0 aliphatic rings. The number of hydrogen-bond donors (Lipinski definition) is 1. The van der Waals surface area contributed by atoms with Crippen molar-refractivity contribution in [3.05, 3.63) is 29.8 Å². The second-order valence-corrected chi connectivity index (χ2v) is 4.48. The molecule has 0 fully saturated rings. The monoisotopic (exact) mass is 281 g/mol. The van der Waals surface area contributed by atoms with Crippen molar-refractivity contribution in [1.29, 1.82) is 0 Å². The van der Waals surface area contributed by atoms with Gasteiger partial charge in [0.05, 0.1) is 0 Å². The van der Waals surface area contributed by atoms with E-state index >= 15 is 0 Å². The lowest BCUT2D eigenvalue weighted by atomic mass is 10.2. The van der Waals surface area contributed by atoms with E-state index in [1.54, 1.807) is 0 Å². The van der Waals surface area contributed by atoms with Crippen LogP contribution in [0.3, 0.4) is 0 Å². The molecule has 4 nitrogen and oxygen atoms in total. The quantitative estimate of drug-likeness (QED) is 0.500. The van der Waals surface area contributed by atoms with Gasteiger partial charge in [-0.1, -0.05) is 19.1 Å². The van der Waals surface area contributed by atoms with Crippen LogP contribution in [0.15, 0.2) is 24.3 Å². The molecule has 0 aliphatic heterocycles. The van der Waals surface area contributed by atoms with Crippen LogP contribution in [0.1, 0.15) is 32.8 Å². The second kappa shape index (κ2) is 10.7. The van der Waals surface area contributed by atoms with E-state index in [4.69, 9.17) is 14.2 Å². The summed E-state index contributed by atoms with van der Waals surface area (Å²) in [6, 6.07) is 8.09. The summed E-state index contributed by atoms with van der Waals surface area (Å²) < 4.78 is 16.6. The fourth-order valence-electron chi connectivity index (χ4n) is 1.76. The van der Waals surface area contributed by atoms with Crippen LogP contribution in [0.4, 0.5) is 0 Å². The maximum atomic E-state index is 5.77. The van der Waals surface area contributed by atoms with E-state index in [2.05, 4.69) is 24.4 Å². The average molecular weight is 281 g/mol. The van der Waals surface area contributed by atoms with Crippen LogP contribution < -0.4 is 10.1 Å². The molecule has 0 saturated heterocycles. The summed E-state index contributed by atoms with van der Waals surface area (Å²) in [6.07, 6.45) is 0.804. The predicted octanol–water partition coefficient (Wildman–Crippen LogP) is 2.96. The SMILES string of the molecule is CCCNCc1ccc(OC(COCC)OCC)cc1. The van der Waals surface area contributed by atoms with Gasteiger partial charge in [-0.05, 0) is 44.5 Å². The number of hydrogen-bond acceptors (Lipinski definition) is 4. The van der Waals surface area contributed by atoms with Gasteiger partial charge in [0.15, 0.2) is 0 Å². The zero-order chi connectivity index (χ0) is 14.6. The van der Waals surface area contributed by atoms with Crippen LogP contribution in [-0.4, -0.2) is 32.7 Å². The van der Waals surface area contributed by atoms with Crippen molar-refractivity contribution >= 4 is 0 Å². The fraction of sp³-hybridized carbons (Fsp3) is 0.625. The number of nitrogens with one attached hydrogen (secondary N) is 1. The normalized spacial score (nSPS) is 12.3. The van der Waals surface area contributed by atoms with Gasteiger partial charge in [0, 0.05) is 19.8 Å². The van der Waals surface area contributed by atoms with Crippen LogP contribution in [0.25, 0.3) is 0 Å². The third-order valence-corrected chi connectivity index (χ3v) is 2.76. The lowest BCUT2D eigenvalue weighted by Gasteiger charge is -2.18. The molecule has 0 spiro atoms. The topological polar surface area (TPSA) is 39.7 Å². The Labute approximate surface area is 122 Å². The Kier molecular flexibility index (Phi) is 9.04. The molecule has 0 heterocycles. The van der Waals surface area contributed by atoms with E-state index in [0.717, 1.165) is 25.3 Å². The molecule has 0 radical (unpaired) electrons. The Bertz CT molecular complexity index is 340. The van der Waals surface area contributed by atoms with Gasteiger partial charge in [-0.15, -0.1) is 0 Å². The van der Waals surface area contributed by atoms with Crippen molar-refractivity contribution in [2.45, 2.75) is 40.0 Å². The minimum atomic E-state index is -0.344. The second-order valence-electron chi connectivity index (χ2n) is 4.48. The Morgan fingerprint density at radius 3 is 2.40 bits per heavy atom. The van der Waals surface area contributed by atoms with Crippen LogP contribution in [0, 0.1) is 0 Å². The highest BCUT2D eigenvalue weighted by Crippen LogP contribution is 2.14. The molecule has 1 aromatic carbocycles. The zero-order valence-electron chi connectivity index (χ0n) is 12.9. The molecule has 1 rings (SSSR count). The Morgan fingerprint density at radius 1 is 1.05 bits per heavy atom. The van der Waals surface area contributed by atoms with E-state index < -0.39 is 0 Å². The molecule has 0 aliphatic carbocycles. The van der Waals surface area contributed by atoms with Gasteiger partial charge in [-0.2, -0.15) is 0 Å². The van der Waals surface area contributed by atoms with E-state index in [1.165, 1.54) is 5.56 Å². The van der Waals surface area contributed by atoms with Gasteiger partial charge in [0.1, 0.15) is 12.4 Å². The van der Waals surface area contributed by atoms with Gasteiger partial charge in [-0.25, -0.2) is 0 Å². The molecular formula is C16H27NO3. The summed E-state index contributed by atoms with van der Waals surface area (Å²) in [6.45, 7) is 9.72. The highest BCUT2D eigenvalue weighted by atomic mass is 16.7. The lowest BCUT2D eigenvalue weighted by molar-refractivity contribution is -0.116. The first-order chi connectivity index (χ1) is 9.80. The third-order valence-electron chi connectivity index (χ3n) is 2.76. The van der Waals surface area contributed by atoms with Crippen molar-refractivity contribution in [1.82, 2.24) is 5.32 Å². The van der Waals surface area contributed by atoms with Crippen molar-refractivity contribution in [3.63, 3.8) is 0 Å². The number of ether oxygens (including phenoxy) is 3. The average Bonchev–Trinajstić information content (AvgIpc) is 2.47. The highest BCUT2D eigenvalue weighted by Gasteiger charge is 2.10. The molecule has 0 saturated carbocycles. The molecule has 1 atom stereocenters. The molecule has 0 bridgehead atoms. The molecule has 1 unspecified atom stereocenters. The van der Waals surface area contributed by atoms with E-state index in [9.17, 15) is 0 Å². The van der Waals surface area contributed by atoms with Gasteiger partial charge in [-0.3, -0.25) is 0 Å². The summed E-state index contributed by atoms with van der Waals surface area (Å²) in [7, 11) is 0. The largest absolute Gasteiger partial charge is 0.462 e. The fourth-order valence-corrected chi connectivity index (χ4v) is 1.76. The first kappa shape index (κ1) is 17.0. The molecule has 0 amide bonds. The summed E-state index contributed by atoms with van der Waals surface area (Å²) in [5.74, 6) is 0.808. The van der Waals surface area contributed by atoms with Crippen molar-refractivity contribution in [2.75, 3.05) is 26.4 Å². The summed E-state index contributed by atoms with van der Waals surface area (Å²) in [5, 5.41) is 3.37. The molecule has 1 N–H and O–H groups in total. The maximum Gasteiger partial charge on any atom is 0.223 e. The molecular weight excluding hydrogens is 254 g/mol. The Hall–Kier alpha value is -1.10. The summed E-state index contributed by atoms with van der Waals surface area (Å²) >= 11 is 0. The predicted molar refractivity (Wildman–Crippen MR) is 81.0 cm³/mol. The minimum Gasteiger partial charge on any atom is -0.462 e. The highest BCUT2D eigenvalue weighted by molar-refractivity contribution is 5.27. The molecule has 114 valence electrons. The van der Waals surface area contributed by atoms with Gasteiger partial charge < -0.3 is 19.5 Å². The van der Waals surface area contributed by atoms with E-state index in [1.807, 2.05) is 26.0 Å². The minimum absolute atomic E-state index is 0.344. The van der Waals surface area contributed by atoms with Crippen LogP contribution in [-0.2, 0) is 16.0 Å². The molecule has 0 aromatic heterocycles. The Morgan fingerprint density at radius 2 is 1.80 bits per heavy atom. The van der Waals surface area contributed by atoms with Crippen LogP contribution in [0.5, 0.6) is 5.75 Å². The smallest absolute Gasteiger partial charge is 0.223 e. The third kappa shape index (κ3) is 6.89. The molecule has 1 aromatic rings. The van der Waals surface area contributed by atoms with Crippen molar-refractivity contribution in [2.24, 2.45) is 0 Å². The maximum absolute atomic E-state index is 5.77. The van der Waals surface area contributed by atoms with E-state index in [-0.39, 0.29) is 6.29 Å². The van der Waals surface area contributed by atoms with Crippen LogP contribution in [0.2, 0.25) is 0 Å². The van der Waals surface area contributed by atoms with Crippen molar-refractivity contribution in [3.8, 4) is 5.75 Å². The van der Waals surface area contributed by atoms with Crippen molar-refractivity contribution < 1.29 is 14.2 Å². The molecule has 20 heavy (non-hydrogen) atoms. The van der Waals surface area contributed by atoms with Gasteiger partial charge in [0.25, 0.3) is 0 Å². The summed E-state index contributed by atoms with van der Waals surface area (Å²) in [5.41, 5.74) is 1.25. The van der Waals surface area contributed by atoms with Gasteiger partial charge in [0.2, 0.25) is 6.29 Å². The Balaban J connectivity index is 2.45. The summed E-state index contributed by atoms with van der Waals surface area (Å²) in [4.78, 5) is 0. The first-order valence-corrected chi connectivity index (χ1v) is 7.45. The number of benzene rings is 1. The van der Waals surface area contributed by atoms with E-state index in [0.29, 0.717) is 19.8 Å². The van der Waals surface area contributed by atoms with Gasteiger partial charge >= 0.3 is 0 Å². The van der Waals surface area contributed by atoms with Crippen LogP contribution >= 0.6 is 0 Å². The zero-order valence-corrected chi connectivity index (χ0v) is 12.9. The molecule has 4 heteroatoms. The standard InChI is InChI=1S/C16H27NO3/c1-4-11-17-12-14-7-9-15(10-8-14)20-16(19-6-3)13-18-5-2/h7-10,16-17H,4-6,11-13H2,1-3H3.